The molecule has 0 aromatic heterocycles. The summed E-state index contributed by atoms with van der Waals surface area (Å²) in [4.78, 5) is 15.5. The fourth-order valence-electron chi connectivity index (χ4n) is 3.44. The summed E-state index contributed by atoms with van der Waals surface area (Å²) in [5.41, 5.74) is 2.95. The second-order valence-electron chi connectivity index (χ2n) is 7.26. The number of benzene rings is 2. The molecule has 150 valence electrons. The average molecular weight is 392 g/mol. The van der Waals surface area contributed by atoms with Crippen molar-refractivity contribution in [3.05, 3.63) is 59.2 Å². The fourth-order valence-corrected chi connectivity index (χ4v) is 3.44. The topological polar surface area (TPSA) is 36.8 Å². The van der Waals surface area contributed by atoms with Gasteiger partial charge in [0.2, 0.25) is 0 Å². The van der Waals surface area contributed by atoms with E-state index in [2.05, 4.69) is 5.32 Å². The highest BCUT2D eigenvalue weighted by atomic mass is 19.4. The van der Waals surface area contributed by atoms with E-state index in [1.165, 1.54) is 12.1 Å². The third-order valence-electron chi connectivity index (χ3n) is 5.30. The van der Waals surface area contributed by atoms with E-state index in [0.29, 0.717) is 38.4 Å². The molecule has 0 radical (unpaired) electrons. The highest BCUT2D eigenvalue weighted by Crippen LogP contribution is 2.31. The Kier molecular flexibility index (Phi) is 5.93. The molecule has 0 bridgehead atoms. The summed E-state index contributed by atoms with van der Waals surface area (Å²) in [7, 11) is 0. The van der Waals surface area contributed by atoms with Crippen LogP contribution in [0.25, 0.3) is 0 Å². The van der Waals surface area contributed by atoms with Crippen LogP contribution in [-0.4, -0.2) is 38.6 Å². The second-order valence-corrected chi connectivity index (χ2v) is 7.26. The van der Waals surface area contributed by atoms with Crippen molar-refractivity contribution in [2.75, 3.05) is 42.9 Å². The molecular weight excluding hydrogens is 367 g/mol. The molecule has 2 aromatic carbocycles. The Morgan fingerprint density at radius 1 is 1.11 bits per heavy atom. The number of alkyl halides is 3. The van der Waals surface area contributed by atoms with Crippen LogP contribution in [0.2, 0.25) is 0 Å². The van der Waals surface area contributed by atoms with Crippen molar-refractivity contribution in [3.8, 4) is 0 Å². The van der Waals surface area contributed by atoms with E-state index in [1.807, 2.05) is 36.9 Å². The van der Waals surface area contributed by atoms with Crippen LogP contribution < -0.4 is 15.1 Å². The Bertz CT molecular complexity index is 843. The summed E-state index contributed by atoms with van der Waals surface area (Å²) in [5, 5.41) is 2.97. The maximum atomic E-state index is 12.9. The SMILES string of the molecule is Cc1cccc(NC(=O)C[NH+]2CCN(c3cccc(C(F)(F)F)c3)CC2)c1C. The maximum absolute atomic E-state index is 12.9. The van der Waals surface area contributed by atoms with Gasteiger partial charge in [0.15, 0.2) is 6.54 Å². The standard InChI is InChI=1S/C21H24F3N3O/c1-15-5-3-8-19(16(15)2)25-20(28)14-26-9-11-27(12-10-26)18-7-4-6-17(13-18)21(22,23)24/h3-8,13H,9-12,14H2,1-2H3,(H,25,28)/p+1. The van der Waals surface area contributed by atoms with Crippen LogP contribution in [0.5, 0.6) is 0 Å². The normalized spacial score (nSPS) is 15.5. The first-order valence-corrected chi connectivity index (χ1v) is 9.36. The third-order valence-corrected chi connectivity index (χ3v) is 5.30. The van der Waals surface area contributed by atoms with Crippen LogP contribution in [0, 0.1) is 13.8 Å². The minimum atomic E-state index is -4.34. The highest BCUT2D eigenvalue weighted by molar-refractivity contribution is 5.92. The van der Waals surface area contributed by atoms with E-state index in [1.54, 1.807) is 6.07 Å². The molecule has 1 amide bonds. The number of halogens is 3. The van der Waals surface area contributed by atoms with Crippen molar-refractivity contribution >= 4 is 17.3 Å². The number of nitrogens with one attached hydrogen (secondary N) is 2. The average Bonchev–Trinajstić information content (AvgIpc) is 2.65. The first kappa shape index (κ1) is 20.2. The molecule has 1 saturated heterocycles. The van der Waals surface area contributed by atoms with E-state index in [0.717, 1.165) is 27.8 Å². The third kappa shape index (κ3) is 4.84. The fraction of sp³-hybridized carbons (Fsp3) is 0.381. The Morgan fingerprint density at radius 2 is 1.79 bits per heavy atom. The number of anilines is 2. The number of amides is 1. The zero-order valence-electron chi connectivity index (χ0n) is 16.1. The smallest absolute Gasteiger partial charge is 0.360 e. The van der Waals surface area contributed by atoms with E-state index in [9.17, 15) is 18.0 Å². The Morgan fingerprint density at radius 3 is 2.46 bits per heavy atom. The molecule has 1 fully saturated rings. The molecule has 28 heavy (non-hydrogen) atoms. The summed E-state index contributed by atoms with van der Waals surface area (Å²) in [5.74, 6) is -0.0452. The first-order valence-electron chi connectivity index (χ1n) is 9.36. The number of nitrogens with zero attached hydrogens (tertiary/aromatic N) is 1. The lowest BCUT2D eigenvalue weighted by Gasteiger charge is -2.33. The lowest BCUT2D eigenvalue weighted by molar-refractivity contribution is -0.892. The maximum Gasteiger partial charge on any atom is 0.416 e. The van der Waals surface area contributed by atoms with Crippen LogP contribution >= 0.6 is 0 Å². The molecular formula is C21H25F3N3O+. The molecule has 1 aliphatic rings. The molecule has 0 unspecified atom stereocenters. The highest BCUT2D eigenvalue weighted by Gasteiger charge is 2.31. The minimum Gasteiger partial charge on any atom is -0.360 e. The molecule has 1 heterocycles. The zero-order chi connectivity index (χ0) is 20.3. The predicted octanol–water partition coefficient (Wildman–Crippen LogP) is 2.67. The van der Waals surface area contributed by atoms with Gasteiger partial charge in [0, 0.05) is 11.4 Å². The van der Waals surface area contributed by atoms with Gasteiger partial charge in [-0.1, -0.05) is 18.2 Å². The van der Waals surface area contributed by atoms with Gasteiger partial charge in [-0.05, 0) is 49.2 Å². The predicted molar refractivity (Wildman–Crippen MR) is 104 cm³/mol. The Hall–Kier alpha value is -2.54. The Labute approximate surface area is 162 Å². The van der Waals surface area contributed by atoms with Crippen molar-refractivity contribution in [3.63, 3.8) is 0 Å². The molecule has 1 aliphatic heterocycles. The van der Waals surface area contributed by atoms with Gasteiger partial charge in [-0.2, -0.15) is 13.2 Å². The van der Waals surface area contributed by atoms with Gasteiger partial charge in [-0.15, -0.1) is 0 Å². The lowest BCUT2D eigenvalue weighted by atomic mass is 10.1. The van der Waals surface area contributed by atoms with E-state index in [4.69, 9.17) is 0 Å². The van der Waals surface area contributed by atoms with Crippen LogP contribution in [0.15, 0.2) is 42.5 Å². The molecule has 0 atom stereocenters. The molecule has 0 aliphatic carbocycles. The number of carbonyl (C=O) groups is 1. The van der Waals surface area contributed by atoms with Crippen LogP contribution in [0.3, 0.4) is 0 Å². The van der Waals surface area contributed by atoms with Crippen LogP contribution in [0.4, 0.5) is 24.5 Å². The minimum absolute atomic E-state index is 0.0452. The van der Waals surface area contributed by atoms with Crippen molar-refractivity contribution in [1.29, 1.82) is 0 Å². The molecule has 2 aromatic rings. The van der Waals surface area contributed by atoms with Crippen LogP contribution in [-0.2, 0) is 11.0 Å². The summed E-state index contributed by atoms with van der Waals surface area (Å²) < 4.78 is 38.7. The van der Waals surface area contributed by atoms with Gasteiger partial charge >= 0.3 is 6.18 Å². The first-order chi connectivity index (χ1) is 13.2. The number of aryl methyl sites for hydroxylation is 1. The van der Waals surface area contributed by atoms with Gasteiger partial charge in [0.05, 0.1) is 31.7 Å². The number of rotatable bonds is 4. The van der Waals surface area contributed by atoms with Gasteiger partial charge in [0.1, 0.15) is 0 Å². The largest absolute Gasteiger partial charge is 0.416 e. The van der Waals surface area contributed by atoms with Crippen molar-refractivity contribution in [1.82, 2.24) is 0 Å². The number of hydrogen-bond acceptors (Lipinski definition) is 2. The van der Waals surface area contributed by atoms with Crippen LogP contribution in [0.1, 0.15) is 16.7 Å². The number of piperazine rings is 1. The zero-order valence-corrected chi connectivity index (χ0v) is 16.1. The van der Waals surface area contributed by atoms with Crippen molar-refractivity contribution in [2.45, 2.75) is 20.0 Å². The molecule has 0 saturated carbocycles. The van der Waals surface area contributed by atoms with Gasteiger partial charge in [-0.25, -0.2) is 0 Å². The molecule has 4 nitrogen and oxygen atoms in total. The molecule has 2 N–H and O–H groups in total. The van der Waals surface area contributed by atoms with Crippen molar-refractivity contribution < 1.29 is 22.9 Å². The summed E-state index contributed by atoms with van der Waals surface area (Å²) >= 11 is 0. The van der Waals surface area contributed by atoms with Crippen molar-refractivity contribution in [2.24, 2.45) is 0 Å². The van der Waals surface area contributed by atoms with E-state index < -0.39 is 11.7 Å². The summed E-state index contributed by atoms with van der Waals surface area (Å²) in [6.07, 6.45) is -4.34. The molecule has 0 spiro atoms. The van der Waals surface area contributed by atoms with Gasteiger partial charge < -0.3 is 15.1 Å². The monoisotopic (exact) mass is 392 g/mol. The lowest BCUT2D eigenvalue weighted by Crippen LogP contribution is -3.15. The summed E-state index contributed by atoms with van der Waals surface area (Å²) in [6.45, 7) is 6.98. The number of carbonyl (C=O) groups excluding carboxylic acids is 1. The molecule has 7 heteroatoms. The molecule has 3 rings (SSSR count). The second kappa shape index (κ2) is 8.22. The quantitative estimate of drug-likeness (QED) is 0.840. The van der Waals surface area contributed by atoms with E-state index in [-0.39, 0.29) is 5.91 Å². The number of quaternary nitrogens is 1. The Balaban J connectivity index is 1.54. The summed E-state index contributed by atoms with van der Waals surface area (Å²) in [6, 6.07) is 11.2. The van der Waals surface area contributed by atoms with Gasteiger partial charge in [-0.3, -0.25) is 4.79 Å². The van der Waals surface area contributed by atoms with E-state index >= 15 is 0 Å². The van der Waals surface area contributed by atoms with Gasteiger partial charge in [0.25, 0.3) is 5.91 Å². The number of hydrogen-bond donors (Lipinski definition) is 2.